The number of aryl methyl sites for hydroxylation is 1. The van der Waals surface area contributed by atoms with Crippen LogP contribution in [-0.4, -0.2) is 21.9 Å². The molecular formula is C17H25N3O. The normalized spacial score (nSPS) is 24.9. The van der Waals surface area contributed by atoms with Gasteiger partial charge in [0.15, 0.2) is 0 Å². The van der Waals surface area contributed by atoms with Crippen molar-refractivity contribution in [2.75, 3.05) is 0 Å². The van der Waals surface area contributed by atoms with E-state index in [2.05, 4.69) is 41.3 Å². The van der Waals surface area contributed by atoms with Gasteiger partial charge in [-0.05, 0) is 32.1 Å². The number of hydrogen-bond acceptors (Lipinski definition) is 2. The molecule has 0 aromatic carbocycles. The van der Waals surface area contributed by atoms with Crippen LogP contribution in [0.1, 0.15) is 62.7 Å². The van der Waals surface area contributed by atoms with E-state index >= 15 is 0 Å². The van der Waals surface area contributed by atoms with Crippen LogP contribution in [0.15, 0.2) is 12.2 Å². The maximum absolute atomic E-state index is 12.4. The second kappa shape index (κ2) is 6.04. The summed E-state index contributed by atoms with van der Waals surface area (Å²) in [5.74, 6) is 1.76. The first-order chi connectivity index (χ1) is 10.1. The van der Waals surface area contributed by atoms with Crippen LogP contribution in [0.25, 0.3) is 0 Å². The summed E-state index contributed by atoms with van der Waals surface area (Å²) in [6.07, 6.45) is 10.3. The zero-order chi connectivity index (χ0) is 14.8. The number of rotatable bonds is 3. The maximum atomic E-state index is 12.4. The van der Waals surface area contributed by atoms with Gasteiger partial charge in [-0.1, -0.05) is 26.0 Å². The number of nitrogens with zero attached hydrogens (tertiary/aromatic N) is 1. The van der Waals surface area contributed by atoms with E-state index in [9.17, 15) is 4.79 Å². The van der Waals surface area contributed by atoms with Crippen molar-refractivity contribution in [3.8, 4) is 0 Å². The molecule has 0 fully saturated rings. The van der Waals surface area contributed by atoms with Crippen LogP contribution in [0.3, 0.4) is 0 Å². The predicted octanol–water partition coefficient (Wildman–Crippen LogP) is 2.86. The van der Waals surface area contributed by atoms with Crippen LogP contribution in [0.2, 0.25) is 0 Å². The van der Waals surface area contributed by atoms with Crippen molar-refractivity contribution in [2.24, 2.45) is 5.92 Å². The Morgan fingerprint density at radius 1 is 1.43 bits per heavy atom. The van der Waals surface area contributed by atoms with Gasteiger partial charge in [0.25, 0.3) is 0 Å². The highest BCUT2D eigenvalue weighted by Crippen LogP contribution is 2.26. The molecule has 2 aliphatic carbocycles. The van der Waals surface area contributed by atoms with E-state index in [1.165, 1.54) is 17.8 Å². The third kappa shape index (κ3) is 3.20. The molecule has 0 aliphatic heterocycles. The minimum absolute atomic E-state index is 0.0910. The highest BCUT2D eigenvalue weighted by molar-refractivity contribution is 5.79. The molecule has 2 aliphatic rings. The van der Waals surface area contributed by atoms with Gasteiger partial charge in [-0.3, -0.25) is 4.79 Å². The molecule has 4 heteroatoms. The topological polar surface area (TPSA) is 57.8 Å². The van der Waals surface area contributed by atoms with Crippen molar-refractivity contribution < 1.29 is 4.79 Å². The maximum Gasteiger partial charge on any atom is 0.223 e. The number of fused-ring (bicyclic) bond motifs is 1. The Hall–Kier alpha value is -1.58. The lowest BCUT2D eigenvalue weighted by Gasteiger charge is -2.24. The highest BCUT2D eigenvalue weighted by Gasteiger charge is 2.28. The fraction of sp³-hybridized carbons (Fsp3) is 0.647. The molecule has 114 valence electrons. The van der Waals surface area contributed by atoms with Gasteiger partial charge in [0.05, 0.1) is 5.69 Å². The van der Waals surface area contributed by atoms with Crippen molar-refractivity contribution in [3.05, 3.63) is 29.4 Å². The monoisotopic (exact) mass is 287 g/mol. The summed E-state index contributed by atoms with van der Waals surface area (Å²) in [6.45, 7) is 4.29. The number of H-pyrrole nitrogens is 1. The van der Waals surface area contributed by atoms with Gasteiger partial charge in [0.1, 0.15) is 5.82 Å². The number of nitrogens with one attached hydrogen (secondary N) is 2. The van der Waals surface area contributed by atoms with Gasteiger partial charge in [-0.25, -0.2) is 4.98 Å². The van der Waals surface area contributed by atoms with Gasteiger partial charge in [-0.15, -0.1) is 0 Å². The molecule has 3 rings (SSSR count). The van der Waals surface area contributed by atoms with E-state index in [0.29, 0.717) is 5.92 Å². The van der Waals surface area contributed by atoms with Gasteiger partial charge in [0, 0.05) is 30.0 Å². The Morgan fingerprint density at radius 2 is 2.29 bits per heavy atom. The minimum atomic E-state index is 0.0910. The van der Waals surface area contributed by atoms with Crippen LogP contribution < -0.4 is 5.32 Å². The van der Waals surface area contributed by atoms with Crippen molar-refractivity contribution in [2.45, 2.75) is 64.3 Å². The highest BCUT2D eigenvalue weighted by atomic mass is 16.1. The van der Waals surface area contributed by atoms with Crippen LogP contribution in [-0.2, 0) is 17.6 Å². The van der Waals surface area contributed by atoms with E-state index in [1.54, 1.807) is 0 Å². The lowest BCUT2D eigenvalue weighted by Crippen LogP contribution is -2.40. The summed E-state index contributed by atoms with van der Waals surface area (Å²) in [5.41, 5.74) is 2.34. The van der Waals surface area contributed by atoms with Gasteiger partial charge in [0.2, 0.25) is 5.91 Å². The molecule has 21 heavy (non-hydrogen) atoms. The second-order valence-corrected chi connectivity index (χ2v) is 6.62. The summed E-state index contributed by atoms with van der Waals surface area (Å²) in [7, 11) is 0. The first-order valence-corrected chi connectivity index (χ1v) is 8.18. The lowest BCUT2D eigenvalue weighted by atomic mass is 9.88. The standard InChI is InChI=1S/C17H25N3O/c1-11(2)16-19-14-9-8-12(10-15(14)20-16)17(21)18-13-6-4-3-5-7-13/h4,6,11-13H,3,5,7-10H2,1-2H3,(H,18,21)(H,19,20)/t12-,13-/m1/s1. The predicted molar refractivity (Wildman–Crippen MR) is 83.1 cm³/mol. The van der Waals surface area contributed by atoms with Crippen molar-refractivity contribution in [1.82, 2.24) is 15.3 Å². The molecule has 1 heterocycles. The van der Waals surface area contributed by atoms with Crippen molar-refractivity contribution >= 4 is 5.91 Å². The summed E-state index contributed by atoms with van der Waals surface area (Å²) < 4.78 is 0. The minimum Gasteiger partial charge on any atom is -0.350 e. The Balaban J connectivity index is 1.63. The number of aromatic amines is 1. The van der Waals surface area contributed by atoms with Crippen molar-refractivity contribution in [3.63, 3.8) is 0 Å². The number of imidazole rings is 1. The Labute approximate surface area is 126 Å². The Bertz CT molecular complexity index is 544. The molecule has 0 spiro atoms. The zero-order valence-corrected chi connectivity index (χ0v) is 13.0. The number of allylic oxidation sites excluding steroid dienone is 1. The molecular weight excluding hydrogens is 262 g/mol. The molecule has 2 N–H and O–H groups in total. The molecule has 0 saturated heterocycles. The summed E-state index contributed by atoms with van der Waals surface area (Å²) in [6, 6.07) is 0.237. The van der Waals surface area contributed by atoms with E-state index in [0.717, 1.165) is 37.9 Å². The SMILES string of the molecule is CC(C)c1nc2c([nH]1)C[C@H](C(=O)N[C@@H]1C=CCCC1)CC2. The third-order valence-electron chi connectivity index (χ3n) is 4.56. The smallest absolute Gasteiger partial charge is 0.223 e. The molecule has 1 aromatic heterocycles. The van der Waals surface area contributed by atoms with Gasteiger partial charge < -0.3 is 10.3 Å². The first kappa shape index (κ1) is 14.4. The molecule has 4 nitrogen and oxygen atoms in total. The summed E-state index contributed by atoms with van der Waals surface area (Å²) in [5, 5.41) is 3.19. The molecule has 0 unspecified atom stereocenters. The van der Waals surface area contributed by atoms with E-state index in [1.807, 2.05) is 0 Å². The molecule has 0 saturated carbocycles. The van der Waals surface area contributed by atoms with Crippen molar-refractivity contribution in [1.29, 1.82) is 0 Å². The largest absolute Gasteiger partial charge is 0.350 e. The zero-order valence-electron chi connectivity index (χ0n) is 13.0. The molecule has 0 radical (unpaired) electrons. The van der Waals surface area contributed by atoms with Crippen LogP contribution >= 0.6 is 0 Å². The fourth-order valence-electron chi connectivity index (χ4n) is 3.23. The van der Waals surface area contributed by atoms with E-state index in [4.69, 9.17) is 0 Å². The number of hydrogen-bond donors (Lipinski definition) is 2. The van der Waals surface area contributed by atoms with Crippen LogP contribution in [0.4, 0.5) is 0 Å². The van der Waals surface area contributed by atoms with E-state index < -0.39 is 0 Å². The molecule has 2 atom stereocenters. The molecule has 0 bridgehead atoms. The average molecular weight is 287 g/mol. The summed E-state index contributed by atoms with van der Waals surface area (Å²) in [4.78, 5) is 20.5. The number of carbonyl (C=O) groups is 1. The van der Waals surface area contributed by atoms with E-state index in [-0.39, 0.29) is 17.9 Å². The molecule has 1 amide bonds. The van der Waals surface area contributed by atoms with Gasteiger partial charge in [-0.2, -0.15) is 0 Å². The number of aromatic nitrogens is 2. The average Bonchev–Trinajstić information content (AvgIpc) is 2.91. The first-order valence-electron chi connectivity index (χ1n) is 8.18. The third-order valence-corrected chi connectivity index (χ3v) is 4.56. The summed E-state index contributed by atoms with van der Waals surface area (Å²) >= 11 is 0. The second-order valence-electron chi connectivity index (χ2n) is 6.62. The lowest BCUT2D eigenvalue weighted by molar-refractivity contribution is -0.125. The Morgan fingerprint density at radius 3 is 3.00 bits per heavy atom. The number of amides is 1. The van der Waals surface area contributed by atoms with Gasteiger partial charge >= 0.3 is 0 Å². The molecule has 1 aromatic rings. The van der Waals surface area contributed by atoms with Crippen LogP contribution in [0.5, 0.6) is 0 Å². The quantitative estimate of drug-likeness (QED) is 0.840. The van der Waals surface area contributed by atoms with Crippen LogP contribution in [0, 0.1) is 5.92 Å². The number of carbonyl (C=O) groups excluding carboxylic acids is 1. The fourth-order valence-corrected chi connectivity index (χ4v) is 3.23. The Kier molecular flexibility index (Phi) is 4.13.